The Bertz CT molecular complexity index is 416. The van der Waals surface area contributed by atoms with Gasteiger partial charge in [0.1, 0.15) is 0 Å². The summed E-state index contributed by atoms with van der Waals surface area (Å²) in [5, 5.41) is 3.61. The van der Waals surface area contributed by atoms with Gasteiger partial charge in [0, 0.05) is 38.8 Å². The van der Waals surface area contributed by atoms with E-state index < -0.39 is 0 Å². The summed E-state index contributed by atoms with van der Waals surface area (Å²) < 4.78 is 0. The minimum atomic E-state index is 0.629. The van der Waals surface area contributed by atoms with Crippen LogP contribution in [0.5, 0.6) is 0 Å². The molecule has 1 heterocycles. The van der Waals surface area contributed by atoms with Crippen molar-refractivity contribution < 1.29 is 0 Å². The van der Waals surface area contributed by atoms with Crippen LogP contribution in [0, 0.1) is 13.8 Å². The summed E-state index contributed by atoms with van der Waals surface area (Å²) in [6.07, 6.45) is 0. The first-order valence-corrected chi connectivity index (χ1v) is 7.22. The van der Waals surface area contributed by atoms with Crippen LogP contribution < -0.4 is 5.32 Å². The quantitative estimate of drug-likeness (QED) is 0.889. The first-order chi connectivity index (χ1) is 9.06. The van der Waals surface area contributed by atoms with Crippen molar-refractivity contribution in [2.75, 3.05) is 40.3 Å². The standard InChI is InChI=1S/C16H27N3/c1-13-5-6-15(14(2)9-13)10-17-11-16-12-18(3)7-8-19(16)4/h5-6,9,16-17H,7-8,10-12H2,1-4H3. The van der Waals surface area contributed by atoms with E-state index in [0.717, 1.165) is 19.6 Å². The lowest BCUT2D eigenvalue weighted by Gasteiger charge is -2.37. The first-order valence-electron chi connectivity index (χ1n) is 7.22. The summed E-state index contributed by atoms with van der Waals surface area (Å²) in [6.45, 7) is 9.91. The summed E-state index contributed by atoms with van der Waals surface area (Å²) in [6, 6.07) is 7.33. The Labute approximate surface area is 117 Å². The molecular formula is C16H27N3. The maximum Gasteiger partial charge on any atom is 0.0345 e. The molecule has 106 valence electrons. The highest BCUT2D eigenvalue weighted by molar-refractivity contribution is 5.30. The van der Waals surface area contributed by atoms with E-state index in [1.54, 1.807) is 0 Å². The summed E-state index contributed by atoms with van der Waals surface area (Å²) in [5.41, 5.74) is 4.15. The van der Waals surface area contributed by atoms with Crippen LogP contribution in [0.1, 0.15) is 16.7 Å². The number of aryl methyl sites for hydroxylation is 2. The highest BCUT2D eigenvalue weighted by atomic mass is 15.3. The van der Waals surface area contributed by atoms with Crippen molar-refractivity contribution in [3.63, 3.8) is 0 Å². The summed E-state index contributed by atoms with van der Waals surface area (Å²) in [5.74, 6) is 0. The van der Waals surface area contributed by atoms with Crippen LogP contribution in [0.25, 0.3) is 0 Å². The fraction of sp³-hybridized carbons (Fsp3) is 0.625. The van der Waals surface area contributed by atoms with E-state index in [1.807, 2.05) is 0 Å². The second kappa shape index (κ2) is 6.51. The Balaban J connectivity index is 1.82. The van der Waals surface area contributed by atoms with E-state index in [4.69, 9.17) is 0 Å². The van der Waals surface area contributed by atoms with Gasteiger partial charge >= 0.3 is 0 Å². The average Bonchev–Trinajstić information content (AvgIpc) is 2.36. The van der Waals surface area contributed by atoms with Crippen molar-refractivity contribution in [1.82, 2.24) is 15.1 Å². The maximum atomic E-state index is 3.61. The fourth-order valence-corrected chi connectivity index (χ4v) is 2.74. The van der Waals surface area contributed by atoms with Gasteiger partial charge in [0.25, 0.3) is 0 Å². The van der Waals surface area contributed by atoms with Crippen LogP contribution in [0.4, 0.5) is 0 Å². The number of nitrogens with zero attached hydrogens (tertiary/aromatic N) is 2. The van der Waals surface area contributed by atoms with E-state index in [-0.39, 0.29) is 0 Å². The Morgan fingerprint density at radius 2 is 2.00 bits per heavy atom. The van der Waals surface area contributed by atoms with E-state index in [0.29, 0.717) is 6.04 Å². The third-order valence-corrected chi connectivity index (χ3v) is 4.17. The Hall–Kier alpha value is -0.900. The molecule has 0 radical (unpaired) electrons. The average molecular weight is 261 g/mol. The molecule has 1 saturated heterocycles. The molecular weight excluding hydrogens is 234 g/mol. The molecule has 1 aromatic rings. The lowest BCUT2D eigenvalue weighted by molar-refractivity contribution is 0.113. The van der Waals surface area contributed by atoms with E-state index in [1.165, 1.54) is 29.8 Å². The number of likely N-dealkylation sites (N-methyl/N-ethyl adjacent to an activating group) is 2. The molecule has 1 aromatic carbocycles. The maximum absolute atomic E-state index is 3.61. The second-order valence-electron chi connectivity index (χ2n) is 5.96. The Morgan fingerprint density at radius 3 is 2.74 bits per heavy atom. The van der Waals surface area contributed by atoms with Gasteiger partial charge in [-0.25, -0.2) is 0 Å². The molecule has 0 aliphatic carbocycles. The van der Waals surface area contributed by atoms with Gasteiger partial charge in [0.15, 0.2) is 0 Å². The number of nitrogens with one attached hydrogen (secondary N) is 1. The van der Waals surface area contributed by atoms with Crippen molar-refractivity contribution in [1.29, 1.82) is 0 Å². The van der Waals surface area contributed by atoms with Crippen LogP contribution in [0.3, 0.4) is 0 Å². The zero-order valence-corrected chi connectivity index (χ0v) is 12.7. The lowest BCUT2D eigenvalue weighted by Crippen LogP contribution is -2.53. The molecule has 0 aromatic heterocycles. The van der Waals surface area contributed by atoms with Crippen LogP contribution in [-0.4, -0.2) is 56.1 Å². The molecule has 1 aliphatic rings. The molecule has 3 nitrogen and oxygen atoms in total. The van der Waals surface area contributed by atoms with E-state index in [2.05, 4.69) is 61.3 Å². The number of benzene rings is 1. The zero-order valence-electron chi connectivity index (χ0n) is 12.7. The van der Waals surface area contributed by atoms with Gasteiger partial charge in [0.05, 0.1) is 0 Å². The number of hydrogen-bond acceptors (Lipinski definition) is 3. The largest absolute Gasteiger partial charge is 0.311 e. The molecule has 1 aliphatic heterocycles. The van der Waals surface area contributed by atoms with Crippen LogP contribution in [-0.2, 0) is 6.54 Å². The molecule has 2 rings (SSSR count). The van der Waals surface area contributed by atoms with E-state index >= 15 is 0 Å². The van der Waals surface area contributed by atoms with Crippen LogP contribution >= 0.6 is 0 Å². The fourth-order valence-electron chi connectivity index (χ4n) is 2.74. The van der Waals surface area contributed by atoms with Gasteiger partial charge in [-0.15, -0.1) is 0 Å². The molecule has 1 atom stereocenters. The van der Waals surface area contributed by atoms with Crippen molar-refractivity contribution in [3.05, 3.63) is 34.9 Å². The highest BCUT2D eigenvalue weighted by Crippen LogP contribution is 2.10. The Kier molecular flexibility index (Phi) is 4.97. The SMILES string of the molecule is Cc1ccc(CNCC2CN(C)CCN2C)c(C)c1. The normalized spacial score (nSPS) is 21.8. The highest BCUT2D eigenvalue weighted by Gasteiger charge is 2.21. The molecule has 1 unspecified atom stereocenters. The third-order valence-electron chi connectivity index (χ3n) is 4.17. The minimum Gasteiger partial charge on any atom is -0.311 e. The van der Waals surface area contributed by atoms with Crippen molar-refractivity contribution in [2.24, 2.45) is 0 Å². The van der Waals surface area contributed by atoms with Crippen LogP contribution in [0.2, 0.25) is 0 Å². The molecule has 0 bridgehead atoms. The summed E-state index contributed by atoms with van der Waals surface area (Å²) >= 11 is 0. The number of piperazine rings is 1. The predicted molar refractivity (Wildman–Crippen MR) is 81.5 cm³/mol. The smallest absolute Gasteiger partial charge is 0.0345 e. The molecule has 1 fully saturated rings. The van der Waals surface area contributed by atoms with Crippen molar-refractivity contribution >= 4 is 0 Å². The third kappa shape index (κ3) is 4.03. The van der Waals surface area contributed by atoms with Gasteiger partial charge in [-0.3, -0.25) is 4.90 Å². The summed E-state index contributed by atoms with van der Waals surface area (Å²) in [7, 11) is 4.45. The number of rotatable bonds is 4. The Morgan fingerprint density at radius 1 is 1.21 bits per heavy atom. The molecule has 3 heteroatoms. The van der Waals surface area contributed by atoms with Gasteiger partial charge in [-0.2, -0.15) is 0 Å². The molecule has 1 N–H and O–H groups in total. The van der Waals surface area contributed by atoms with Gasteiger partial charge < -0.3 is 10.2 Å². The van der Waals surface area contributed by atoms with Gasteiger partial charge in [-0.1, -0.05) is 23.8 Å². The van der Waals surface area contributed by atoms with Crippen molar-refractivity contribution in [2.45, 2.75) is 26.4 Å². The topological polar surface area (TPSA) is 18.5 Å². The van der Waals surface area contributed by atoms with Crippen molar-refractivity contribution in [3.8, 4) is 0 Å². The molecule has 0 saturated carbocycles. The van der Waals surface area contributed by atoms with Gasteiger partial charge in [-0.05, 0) is 39.1 Å². The zero-order chi connectivity index (χ0) is 13.8. The first kappa shape index (κ1) is 14.5. The van der Waals surface area contributed by atoms with Gasteiger partial charge in [0.2, 0.25) is 0 Å². The minimum absolute atomic E-state index is 0.629. The molecule has 0 spiro atoms. The second-order valence-corrected chi connectivity index (χ2v) is 5.96. The molecule has 0 amide bonds. The molecule has 19 heavy (non-hydrogen) atoms. The summed E-state index contributed by atoms with van der Waals surface area (Å²) in [4.78, 5) is 4.89. The monoisotopic (exact) mass is 261 g/mol. The lowest BCUT2D eigenvalue weighted by atomic mass is 10.1. The van der Waals surface area contributed by atoms with Crippen LogP contribution in [0.15, 0.2) is 18.2 Å². The predicted octanol–water partition coefficient (Wildman–Crippen LogP) is 1.64. The van der Waals surface area contributed by atoms with E-state index in [9.17, 15) is 0 Å². The number of hydrogen-bond donors (Lipinski definition) is 1.